The van der Waals surface area contributed by atoms with Gasteiger partial charge in [0.25, 0.3) is 0 Å². The van der Waals surface area contributed by atoms with Gasteiger partial charge in [0.15, 0.2) is 5.82 Å². The van der Waals surface area contributed by atoms with Gasteiger partial charge in [0.1, 0.15) is 22.2 Å². The number of pyridine rings is 1. The summed E-state index contributed by atoms with van der Waals surface area (Å²) in [6.45, 7) is 4.69. The van der Waals surface area contributed by atoms with Gasteiger partial charge in [-0.15, -0.1) is 0 Å². The minimum atomic E-state index is 0.715. The minimum absolute atomic E-state index is 0.715. The van der Waals surface area contributed by atoms with E-state index in [0.29, 0.717) is 5.02 Å². The molecule has 0 amide bonds. The van der Waals surface area contributed by atoms with Gasteiger partial charge < -0.3 is 4.90 Å². The van der Waals surface area contributed by atoms with Gasteiger partial charge in [0.2, 0.25) is 0 Å². The number of halogens is 1. The number of piperazine rings is 1. The molecule has 0 N–H and O–H groups in total. The van der Waals surface area contributed by atoms with E-state index in [1.165, 1.54) is 11.5 Å². The first-order valence-corrected chi connectivity index (χ1v) is 10.7. The van der Waals surface area contributed by atoms with Crippen molar-refractivity contribution in [3.05, 3.63) is 65.7 Å². The quantitative estimate of drug-likeness (QED) is 0.493. The highest BCUT2D eigenvalue weighted by atomic mass is 35.5. The molecule has 0 unspecified atom stereocenters. The van der Waals surface area contributed by atoms with Gasteiger partial charge in [-0.2, -0.15) is 4.37 Å². The zero-order valence-electron chi connectivity index (χ0n) is 15.7. The molecule has 1 aliphatic heterocycles. The molecule has 0 aliphatic carbocycles. The fraction of sp³-hybridized carbons (Fsp3) is 0.238. The molecule has 4 heterocycles. The van der Waals surface area contributed by atoms with Gasteiger partial charge in [-0.05, 0) is 35.8 Å². The predicted octanol–water partition coefficient (Wildman–Crippen LogP) is 4.12. The highest BCUT2D eigenvalue weighted by molar-refractivity contribution is 7.14. The Labute approximate surface area is 178 Å². The van der Waals surface area contributed by atoms with E-state index < -0.39 is 0 Å². The molecule has 4 aromatic rings. The van der Waals surface area contributed by atoms with E-state index in [-0.39, 0.29) is 0 Å². The summed E-state index contributed by atoms with van der Waals surface area (Å²) in [5.74, 6) is 0.977. The molecule has 8 heteroatoms. The summed E-state index contributed by atoms with van der Waals surface area (Å²) < 4.78 is 5.71. The van der Waals surface area contributed by atoms with Crippen LogP contribution in [0.1, 0.15) is 5.69 Å². The van der Waals surface area contributed by atoms with Crippen molar-refractivity contribution in [3.63, 3.8) is 0 Å². The summed E-state index contributed by atoms with van der Waals surface area (Å²) >= 11 is 7.49. The number of hydrogen-bond acceptors (Lipinski definition) is 7. The Morgan fingerprint density at radius 3 is 2.52 bits per heavy atom. The highest BCUT2D eigenvalue weighted by Gasteiger charge is 2.22. The largest absolute Gasteiger partial charge is 0.353 e. The van der Waals surface area contributed by atoms with E-state index in [1.807, 2.05) is 42.6 Å². The number of benzene rings is 1. The van der Waals surface area contributed by atoms with E-state index in [9.17, 15) is 0 Å². The van der Waals surface area contributed by atoms with Crippen LogP contribution < -0.4 is 4.90 Å². The second-order valence-corrected chi connectivity index (χ2v) is 8.21. The molecule has 1 fully saturated rings. The third-order valence-electron chi connectivity index (χ3n) is 5.14. The first-order valence-electron chi connectivity index (χ1n) is 9.51. The van der Waals surface area contributed by atoms with Crippen molar-refractivity contribution >= 4 is 39.2 Å². The van der Waals surface area contributed by atoms with Crippen LogP contribution in [0.4, 0.5) is 5.82 Å². The van der Waals surface area contributed by atoms with E-state index in [1.54, 1.807) is 6.33 Å². The molecule has 1 aliphatic rings. The molecule has 1 aromatic carbocycles. The van der Waals surface area contributed by atoms with Crippen LogP contribution >= 0.6 is 23.1 Å². The molecule has 0 atom stereocenters. The fourth-order valence-corrected chi connectivity index (χ4v) is 4.61. The van der Waals surface area contributed by atoms with E-state index in [0.717, 1.165) is 65.7 Å². The monoisotopic (exact) mass is 422 g/mol. The van der Waals surface area contributed by atoms with Crippen molar-refractivity contribution in [2.45, 2.75) is 6.54 Å². The van der Waals surface area contributed by atoms with Crippen molar-refractivity contribution in [2.24, 2.45) is 0 Å². The Hall–Kier alpha value is -2.61. The van der Waals surface area contributed by atoms with Crippen molar-refractivity contribution in [1.29, 1.82) is 0 Å². The van der Waals surface area contributed by atoms with Gasteiger partial charge in [-0.1, -0.05) is 29.8 Å². The zero-order chi connectivity index (χ0) is 19.6. The van der Waals surface area contributed by atoms with Crippen molar-refractivity contribution in [3.8, 4) is 11.3 Å². The van der Waals surface area contributed by atoms with Crippen molar-refractivity contribution < 1.29 is 0 Å². The van der Waals surface area contributed by atoms with Gasteiger partial charge in [0.05, 0.1) is 5.69 Å². The summed E-state index contributed by atoms with van der Waals surface area (Å²) in [6, 6.07) is 13.8. The summed E-state index contributed by atoms with van der Waals surface area (Å²) in [5.41, 5.74) is 3.92. The molecule has 6 nitrogen and oxygen atoms in total. The normalized spacial score (nSPS) is 15.1. The predicted molar refractivity (Wildman–Crippen MR) is 117 cm³/mol. The Morgan fingerprint density at radius 2 is 1.76 bits per heavy atom. The smallest absolute Gasteiger partial charge is 0.151 e. The highest BCUT2D eigenvalue weighted by Crippen LogP contribution is 2.34. The van der Waals surface area contributed by atoms with Crippen molar-refractivity contribution in [1.82, 2.24) is 24.2 Å². The number of rotatable bonds is 4. The third kappa shape index (κ3) is 3.81. The van der Waals surface area contributed by atoms with Crippen LogP contribution in [0, 0.1) is 0 Å². The van der Waals surface area contributed by atoms with Crippen LogP contribution in [-0.4, -0.2) is 50.4 Å². The number of anilines is 1. The summed E-state index contributed by atoms with van der Waals surface area (Å²) in [6.07, 6.45) is 3.50. The Bertz CT molecular complexity index is 1110. The topological polar surface area (TPSA) is 58.0 Å². The lowest BCUT2D eigenvalue weighted by Gasteiger charge is -2.35. The van der Waals surface area contributed by atoms with E-state index >= 15 is 0 Å². The van der Waals surface area contributed by atoms with Crippen LogP contribution in [-0.2, 0) is 6.54 Å². The van der Waals surface area contributed by atoms with Crippen LogP contribution in [0.25, 0.3) is 21.5 Å². The van der Waals surface area contributed by atoms with Gasteiger partial charge in [-0.3, -0.25) is 9.88 Å². The Kier molecular flexibility index (Phi) is 5.10. The first-order chi connectivity index (χ1) is 14.3. The number of nitrogens with zero attached hydrogens (tertiary/aromatic N) is 6. The SMILES string of the molecule is Clc1ccc(-c2nsc3c(N4CCN(Cc5ccccn5)CC4)ncnc23)cc1. The van der Waals surface area contributed by atoms with E-state index in [4.69, 9.17) is 11.6 Å². The summed E-state index contributed by atoms with van der Waals surface area (Å²) in [5, 5.41) is 0.715. The standard InChI is InChI=1S/C21H19ClN6S/c22-16-6-4-15(5-7-16)18-19-20(29-26-18)21(25-14-24-19)28-11-9-27(10-12-28)13-17-3-1-2-8-23-17/h1-8,14H,9-13H2. The third-order valence-corrected chi connectivity index (χ3v) is 6.22. The van der Waals surface area contributed by atoms with Gasteiger partial charge in [-0.25, -0.2) is 9.97 Å². The first kappa shape index (κ1) is 18.4. The second kappa shape index (κ2) is 8.02. The number of hydrogen-bond donors (Lipinski definition) is 0. The Morgan fingerprint density at radius 1 is 0.931 bits per heavy atom. The summed E-state index contributed by atoms with van der Waals surface area (Å²) in [4.78, 5) is 18.3. The lowest BCUT2D eigenvalue weighted by Crippen LogP contribution is -2.46. The van der Waals surface area contributed by atoms with Gasteiger partial charge >= 0.3 is 0 Å². The fourth-order valence-electron chi connectivity index (χ4n) is 3.61. The average molecular weight is 423 g/mol. The maximum Gasteiger partial charge on any atom is 0.151 e. The zero-order valence-corrected chi connectivity index (χ0v) is 17.3. The summed E-state index contributed by atoms with van der Waals surface area (Å²) in [7, 11) is 0. The Balaban J connectivity index is 1.35. The molecule has 0 saturated carbocycles. The average Bonchev–Trinajstić information content (AvgIpc) is 3.20. The molecule has 0 radical (unpaired) electrons. The lowest BCUT2D eigenvalue weighted by molar-refractivity contribution is 0.247. The second-order valence-electron chi connectivity index (χ2n) is 7.00. The van der Waals surface area contributed by atoms with Crippen LogP contribution in [0.15, 0.2) is 55.0 Å². The molecule has 1 saturated heterocycles. The maximum absolute atomic E-state index is 6.02. The number of fused-ring (bicyclic) bond motifs is 1. The lowest BCUT2D eigenvalue weighted by atomic mass is 10.1. The van der Waals surface area contributed by atoms with Crippen LogP contribution in [0.2, 0.25) is 5.02 Å². The molecule has 5 rings (SSSR count). The number of aromatic nitrogens is 4. The molecular weight excluding hydrogens is 404 g/mol. The molecule has 3 aromatic heterocycles. The van der Waals surface area contributed by atoms with Crippen molar-refractivity contribution in [2.75, 3.05) is 31.1 Å². The minimum Gasteiger partial charge on any atom is -0.353 e. The molecule has 0 spiro atoms. The van der Waals surface area contributed by atoms with Crippen LogP contribution in [0.5, 0.6) is 0 Å². The molecule has 29 heavy (non-hydrogen) atoms. The van der Waals surface area contributed by atoms with Gasteiger partial charge in [0, 0.05) is 49.5 Å². The maximum atomic E-state index is 6.02. The molecule has 146 valence electrons. The molecular formula is C21H19ClN6S. The molecule has 0 bridgehead atoms. The van der Waals surface area contributed by atoms with Crippen LogP contribution in [0.3, 0.4) is 0 Å². The van der Waals surface area contributed by atoms with E-state index in [2.05, 4.69) is 35.2 Å².